The highest BCUT2D eigenvalue weighted by atomic mass is 16.3. The molecule has 0 bridgehead atoms. The number of likely N-dealkylation sites (tertiary alicyclic amines) is 1. The second-order valence-corrected chi connectivity index (χ2v) is 6.05. The first kappa shape index (κ1) is 16.0. The summed E-state index contributed by atoms with van der Waals surface area (Å²) < 4.78 is 2.16. The van der Waals surface area contributed by atoms with Gasteiger partial charge in [0.15, 0.2) is 0 Å². The number of aliphatic hydroxyl groups is 1. The molecular formula is C15H26N4O2. The van der Waals surface area contributed by atoms with Crippen molar-refractivity contribution < 1.29 is 9.90 Å². The van der Waals surface area contributed by atoms with Crippen LogP contribution in [0.1, 0.15) is 25.6 Å². The van der Waals surface area contributed by atoms with E-state index < -0.39 is 6.10 Å². The lowest BCUT2D eigenvalue weighted by atomic mass is 10.0. The quantitative estimate of drug-likeness (QED) is 0.833. The summed E-state index contributed by atoms with van der Waals surface area (Å²) in [5.41, 5.74) is 0. The highest BCUT2D eigenvalue weighted by Gasteiger charge is 2.33. The van der Waals surface area contributed by atoms with Gasteiger partial charge in [0.2, 0.25) is 5.91 Å². The first-order chi connectivity index (χ1) is 10.0. The van der Waals surface area contributed by atoms with Crippen molar-refractivity contribution in [3.05, 3.63) is 18.2 Å². The molecule has 0 saturated carbocycles. The Hall–Kier alpha value is -1.40. The highest BCUT2D eigenvalue weighted by Crippen LogP contribution is 2.22. The first-order valence-electron chi connectivity index (χ1n) is 7.61. The Morgan fingerprint density at radius 3 is 2.90 bits per heavy atom. The number of carbonyl (C=O) groups excluding carboxylic acids is 1. The van der Waals surface area contributed by atoms with E-state index >= 15 is 0 Å². The smallest absolute Gasteiger partial charge is 0.222 e. The molecule has 2 heterocycles. The van der Waals surface area contributed by atoms with Crippen LogP contribution in [0.2, 0.25) is 0 Å². The Morgan fingerprint density at radius 1 is 1.48 bits per heavy atom. The van der Waals surface area contributed by atoms with Gasteiger partial charge in [-0.2, -0.15) is 0 Å². The average Bonchev–Trinajstić information content (AvgIpc) is 2.98. The Labute approximate surface area is 126 Å². The molecule has 6 heteroatoms. The zero-order valence-corrected chi connectivity index (χ0v) is 13.2. The van der Waals surface area contributed by atoms with Gasteiger partial charge in [-0.3, -0.25) is 9.69 Å². The molecule has 1 aliphatic heterocycles. The molecule has 0 aliphatic carbocycles. The molecule has 0 radical (unpaired) electrons. The molecule has 0 aromatic carbocycles. The molecule has 1 fully saturated rings. The van der Waals surface area contributed by atoms with Gasteiger partial charge in [-0.05, 0) is 6.42 Å². The van der Waals surface area contributed by atoms with E-state index in [4.69, 9.17) is 0 Å². The Bertz CT molecular complexity index is 472. The number of amides is 1. The molecule has 6 nitrogen and oxygen atoms in total. The van der Waals surface area contributed by atoms with Gasteiger partial charge in [0.25, 0.3) is 0 Å². The number of carbonyl (C=O) groups is 1. The summed E-state index contributed by atoms with van der Waals surface area (Å²) in [5.74, 6) is 1.13. The van der Waals surface area contributed by atoms with Gasteiger partial charge in [-0.25, -0.2) is 4.98 Å². The molecule has 0 unspecified atom stereocenters. The predicted molar refractivity (Wildman–Crippen MR) is 80.6 cm³/mol. The van der Waals surface area contributed by atoms with Crippen LogP contribution < -0.4 is 0 Å². The van der Waals surface area contributed by atoms with Crippen molar-refractivity contribution in [1.82, 2.24) is 19.4 Å². The molecule has 21 heavy (non-hydrogen) atoms. The minimum absolute atomic E-state index is 0.0227. The number of hydrogen-bond donors (Lipinski definition) is 1. The van der Waals surface area contributed by atoms with Crippen molar-refractivity contribution in [2.75, 3.05) is 27.2 Å². The third-order valence-corrected chi connectivity index (χ3v) is 4.05. The fraction of sp³-hybridized carbons (Fsp3) is 0.733. The second kappa shape index (κ2) is 7.04. The lowest BCUT2D eigenvalue weighted by Crippen LogP contribution is -2.28. The molecule has 0 spiro atoms. The normalized spacial score (nSPS) is 22.7. The lowest BCUT2D eigenvalue weighted by molar-refractivity contribution is -0.130. The Morgan fingerprint density at radius 2 is 2.24 bits per heavy atom. The maximum absolute atomic E-state index is 11.8. The number of imidazole rings is 1. The highest BCUT2D eigenvalue weighted by molar-refractivity contribution is 5.75. The van der Waals surface area contributed by atoms with E-state index in [2.05, 4.69) is 21.4 Å². The SMILES string of the molecule is CCCn1ccnc1CN1C[C@H](CC(=O)N(C)C)[C@@H](O)C1. The van der Waals surface area contributed by atoms with Gasteiger partial charge in [0.05, 0.1) is 12.6 Å². The van der Waals surface area contributed by atoms with Crippen LogP contribution in [-0.2, 0) is 17.9 Å². The first-order valence-corrected chi connectivity index (χ1v) is 7.61. The fourth-order valence-corrected chi connectivity index (χ4v) is 2.81. The zero-order chi connectivity index (χ0) is 15.4. The Balaban J connectivity index is 1.91. The molecular weight excluding hydrogens is 268 g/mol. The van der Waals surface area contributed by atoms with Gasteiger partial charge < -0.3 is 14.6 Å². The molecule has 118 valence electrons. The number of aliphatic hydroxyl groups excluding tert-OH is 1. The van der Waals surface area contributed by atoms with E-state index in [1.165, 1.54) is 0 Å². The van der Waals surface area contributed by atoms with Crippen molar-refractivity contribution in [2.24, 2.45) is 5.92 Å². The van der Waals surface area contributed by atoms with Crippen LogP contribution in [0.3, 0.4) is 0 Å². The minimum Gasteiger partial charge on any atom is -0.391 e. The second-order valence-electron chi connectivity index (χ2n) is 6.05. The standard InChI is InChI=1S/C15H26N4O2/c1-4-6-19-7-5-16-14(19)11-18-9-12(13(20)10-18)8-15(21)17(2)3/h5,7,12-13,20H,4,6,8-11H2,1-3H3/t12-,13-/m0/s1. The van der Waals surface area contributed by atoms with Gasteiger partial charge in [-0.15, -0.1) is 0 Å². The maximum atomic E-state index is 11.8. The Kier molecular flexibility index (Phi) is 5.36. The fourth-order valence-electron chi connectivity index (χ4n) is 2.81. The average molecular weight is 294 g/mol. The largest absolute Gasteiger partial charge is 0.391 e. The maximum Gasteiger partial charge on any atom is 0.222 e. The summed E-state index contributed by atoms with van der Waals surface area (Å²) in [6.45, 7) is 5.21. The third-order valence-electron chi connectivity index (χ3n) is 4.05. The monoisotopic (exact) mass is 294 g/mol. The van der Waals surface area contributed by atoms with Crippen LogP contribution >= 0.6 is 0 Å². The molecule has 2 atom stereocenters. The lowest BCUT2D eigenvalue weighted by Gasteiger charge is -2.17. The van der Waals surface area contributed by atoms with E-state index in [0.717, 1.165) is 31.9 Å². The van der Waals surface area contributed by atoms with Gasteiger partial charge in [-0.1, -0.05) is 6.92 Å². The zero-order valence-electron chi connectivity index (χ0n) is 13.2. The third kappa shape index (κ3) is 4.04. The summed E-state index contributed by atoms with van der Waals surface area (Å²) in [4.78, 5) is 20.0. The van der Waals surface area contributed by atoms with Crippen molar-refractivity contribution in [3.63, 3.8) is 0 Å². The van der Waals surface area contributed by atoms with Crippen LogP contribution in [0, 0.1) is 5.92 Å². The van der Waals surface area contributed by atoms with Crippen LogP contribution in [-0.4, -0.2) is 63.7 Å². The van der Waals surface area contributed by atoms with E-state index in [0.29, 0.717) is 13.0 Å². The van der Waals surface area contributed by atoms with Gasteiger partial charge in [0, 0.05) is 58.5 Å². The van der Waals surface area contributed by atoms with Crippen LogP contribution in [0.25, 0.3) is 0 Å². The summed E-state index contributed by atoms with van der Waals surface area (Å²) in [5, 5.41) is 10.2. The van der Waals surface area contributed by atoms with Gasteiger partial charge >= 0.3 is 0 Å². The summed E-state index contributed by atoms with van der Waals surface area (Å²) in [6, 6.07) is 0. The van der Waals surface area contributed by atoms with Crippen LogP contribution in [0.4, 0.5) is 0 Å². The molecule has 1 amide bonds. The minimum atomic E-state index is -0.427. The molecule has 1 aromatic heterocycles. The predicted octanol–water partition coefficient (Wildman–Crippen LogP) is 0.564. The van der Waals surface area contributed by atoms with Crippen molar-refractivity contribution in [3.8, 4) is 0 Å². The molecule has 1 aromatic rings. The number of nitrogens with zero attached hydrogens (tertiary/aromatic N) is 4. The molecule has 1 N–H and O–H groups in total. The number of β-amino-alcohol motifs (C(OH)–C–C–N with tert-alkyl or cyclic N) is 1. The summed E-state index contributed by atoms with van der Waals surface area (Å²) >= 11 is 0. The molecule has 2 rings (SSSR count). The number of rotatable bonds is 6. The van der Waals surface area contributed by atoms with Crippen molar-refractivity contribution in [2.45, 2.75) is 39.0 Å². The number of hydrogen-bond acceptors (Lipinski definition) is 4. The van der Waals surface area contributed by atoms with E-state index in [-0.39, 0.29) is 11.8 Å². The molecule has 1 aliphatic rings. The number of aryl methyl sites for hydroxylation is 1. The topological polar surface area (TPSA) is 61.6 Å². The van der Waals surface area contributed by atoms with E-state index in [9.17, 15) is 9.90 Å². The van der Waals surface area contributed by atoms with Crippen molar-refractivity contribution >= 4 is 5.91 Å². The van der Waals surface area contributed by atoms with Crippen LogP contribution in [0.15, 0.2) is 12.4 Å². The summed E-state index contributed by atoms with van der Waals surface area (Å²) in [7, 11) is 3.51. The van der Waals surface area contributed by atoms with Gasteiger partial charge in [0.1, 0.15) is 5.82 Å². The van der Waals surface area contributed by atoms with E-state index in [1.54, 1.807) is 19.0 Å². The molecule has 1 saturated heterocycles. The number of aromatic nitrogens is 2. The van der Waals surface area contributed by atoms with E-state index in [1.807, 2.05) is 12.4 Å². The summed E-state index contributed by atoms with van der Waals surface area (Å²) in [6.07, 6.45) is 4.88. The van der Waals surface area contributed by atoms with Crippen molar-refractivity contribution in [1.29, 1.82) is 0 Å². The van der Waals surface area contributed by atoms with Crippen LogP contribution in [0.5, 0.6) is 0 Å².